The predicted molar refractivity (Wildman–Crippen MR) is 85.6 cm³/mol. The SMILES string of the molecule is CCn1c2c(c3c(OCC(=O)O)cccc31)C(C(N)=O)CCC2. The van der Waals surface area contributed by atoms with Gasteiger partial charge < -0.3 is 20.1 Å². The molecule has 0 bridgehead atoms. The topological polar surface area (TPSA) is 94.6 Å². The van der Waals surface area contributed by atoms with E-state index < -0.39 is 12.6 Å². The van der Waals surface area contributed by atoms with E-state index in [9.17, 15) is 9.59 Å². The molecular weight excluding hydrogens is 296 g/mol. The molecule has 1 atom stereocenters. The van der Waals surface area contributed by atoms with Crippen molar-refractivity contribution in [1.29, 1.82) is 0 Å². The standard InChI is InChI=1S/C17H20N2O4/c1-2-19-11-6-3-5-10(17(18)22)15(11)16-12(19)7-4-8-13(16)23-9-14(20)21/h4,7-8,10H,2-3,5-6,9H2,1H3,(H2,18,22)(H,20,21). The Kier molecular flexibility index (Phi) is 3.98. The van der Waals surface area contributed by atoms with Gasteiger partial charge in [0.15, 0.2) is 6.61 Å². The number of aryl methyl sites for hydroxylation is 1. The maximum atomic E-state index is 11.9. The Hall–Kier alpha value is -2.50. The number of ether oxygens (including phenoxy) is 1. The Morgan fingerprint density at radius 1 is 1.43 bits per heavy atom. The molecule has 0 spiro atoms. The van der Waals surface area contributed by atoms with E-state index in [-0.39, 0.29) is 11.8 Å². The molecule has 3 N–H and O–H groups in total. The van der Waals surface area contributed by atoms with Crippen molar-refractivity contribution in [1.82, 2.24) is 4.57 Å². The van der Waals surface area contributed by atoms with Crippen molar-refractivity contribution in [3.05, 3.63) is 29.5 Å². The molecule has 1 aromatic carbocycles. The highest BCUT2D eigenvalue weighted by Gasteiger charge is 2.31. The Morgan fingerprint density at radius 3 is 2.87 bits per heavy atom. The molecule has 23 heavy (non-hydrogen) atoms. The number of carboxylic acid groups (broad SMARTS) is 1. The number of nitrogens with zero attached hydrogens (tertiary/aromatic N) is 1. The summed E-state index contributed by atoms with van der Waals surface area (Å²) < 4.78 is 7.64. The number of benzene rings is 1. The van der Waals surface area contributed by atoms with Crippen LogP contribution in [0.15, 0.2) is 18.2 Å². The highest BCUT2D eigenvalue weighted by atomic mass is 16.5. The fourth-order valence-electron chi connectivity index (χ4n) is 3.62. The predicted octanol–water partition coefficient (Wildman–Crippen LogP) is 2.03. The monoisotopic (exact) mass is 316 g/mol. The molecule has 1 unspecified atom stereocenters. The third kappa shape index (κ3) is 2.54. The second-order valence-electron chi connectivity index (χ2n) is 5.78. The van der Waals surface area contributed by atoms with Crippen molar-refractivity contribution in [2.24, 2.45) is 5.73 Å². The van der Waals surface area contributed by atoms with Crippen LogP contribution in [0.2, 0.25) is 0 Å². The summed E-state index contributed by atoms with van der Waals surface area (Å²) in [6, 6.07) is 5.57. The van der Waals surface area contributed by atoms with Gasteiger partial charge in [0.25, 0.3) is 0 Å². The molecule has 2 aromatic rings. The number of carbonyl (C=O) groups is 2. The number of nitrogens with two attached hydrogens (primary N) is 1. The Labute approximate surface area is 133 Å². The molecule has 1 aliphatic rings. The Balaban J connectivity index is 2.25. The first-order valence-electron chi connectivity index (χ1n) is 7.82. The normalized spacial score (nSPS) is 17.0. The van der Waals surface area contributed by atoms with E-state index in [0.717, 1.165) is 48.0 Å². The average Bonchev–Trinajstić information content (AvgIpc) is 2.86. The molecular formula is C17H20N2O4. The maximum Gasteiger partial charge on any atom is 0.341 e. The lowest BCUT2D eigenvalue weighted by molar-refractivity contribution is -0.139. The van der Waals surface area contributed by atoms with Crippen LogP contribution in [0.4, 0.5) is 0 Å². The minimum Gasteiger partial charge on any atom is -0.481 e. The number of carbonyl (C=O) groups excluding carboxylic acids is 1. The molecule has 0 fully saturated rings. The van der Waals surface area contributed by atoms with E-state index in [1.165, 1.54) is 0 Å². The fraction of sp³-hybridized carbons (Fsp3) is 0.412. The van der Waals surface area contributed by atoms with E-state index in [2.05, 4.69) is 11.5 Å². The number of aromatic nitrogens is 1. The number of hydrogen-bond acceptors (Lipinski definition) is 3. The van der Waals surface area contributed by atoms with Crippen molar-refractivity contribution in [3.63, 3.8) is 0 Å². The van der Waals surface area contributed by atoms with E-state index >= 15 is 0 Å². The summed E-state index contributed by atoms with van der Waals surface area (Å²) in [5, 5.41) is 9.70. The molecule has 0 saturated heterocycles. The molecule has 6 nitrogen and oxygen atoms in total. The molecule has 3 rings (SSSR count). The van der Waals surface area contributed by atoms with Crippen LogP contribution < -0.4 is 10.5 Å². The molecule has 1 amide bonds. The molecule has 0 saturated carbocycles. The van der Waals surface area contributed by atoms with Crippen molar-refractivity contribution in [2.75, 3.05) is 6.61 Å². The lowest BCUT2D eigenvalue weighted by Gasteiger charge is -2.22. The number of carboxylic acids is 1. The summed E-state index contributed by atoms with van der Waals surface area (Å²) in [5.41, 5.74) is 8.61. The van der Waals surface area contributed by atoms with Crippen molar-refractivity contribution in [3.8, 4) is 5.75 Å². The van der Waals surface area contributed by atoms with E-state index in [1.807, 2.05) is 12.1 Å². The van der Waals surface area contributed by atoms with Gasteiger partial charge in [-0.3, -0.25) is 4.79 Å². The van der Waals surface area contributed by atoms with Gasteiger partial charge in [-0.15, -0.1) is 0 Å². The third-order valence-electron chi connectivity index (χ3n) is 4.47. The van der Waals surface area contributed by atoms with Gasteiger partial charge in [0.2, 0.25) is 5.91 Å². The number of aliphatic carboxylic acids is 1. The fourth-order valence-corrected chi connectivity index (χ4v) is 3.62. The zero-order valence-corrected chi connectivity index (χ0v) is 13.0. The quantitative estimate of drug-likeness (QED) is 0.882. The van der Waals surface area contributed by atoms with Gasteiger partial charge in [-0.2, -0.15) is 0 Å². The van der Waals surface area contributed by atoms with Crippen molar-refractivity contribution in [2.45, 2.75) is 38.6 Å². The lowest BCUT2D eigenvalue weighted by Crippen LogP contribution is -2.25. The number of hydrogen-bond donors (Lipinski definition) is 2. The zero-order chi connectivity index (χ0) is 16.6. The van der Waals surface area contributed by atoms with Gasteiger partial charge in [-0.1, -0.05) is 6.07 Å². The van der Waals surface area contributed by atoms with Gasteiger partial charge in [0.1, 0.15) is 5.75 Å². The van der Waals surface area contributed by atoms with Gasteiger partial charge in [0.05, 0.1) is 11.4 Å². The van der Waals surface area contributed by atoms with Crippen molar-refractivity contribution < 1.29 is 19.4 Å². The third-order valence-corrected chi connectivity index (χ3v) is 4.47. The second-order valence-corrected chi connectivity index (χ2v) is 5.78. The molecule has 1 aliphatic carbocycles. The first kappa shape index (κ1) is 15.4. The summed E-state index contributed by atoms with van der Waals surface area (Å²) in [6.07, 6.45) is 2.53. The minimum absolute atomic E-state index is 0.339. The number of primary amides is 1. The largest absolute Gasteiger partial charge is 0.481 e. The van der Waals surface area contributed by atoms with E-state index in [0.29, 0.717) is 5.75 Å². The van der Waals surface area contributed by atoms with Gasteiger partial charge in [-0.25, -0.2) is 4.79 Å². The van der Waals surface area contributed by atoms with Gasteiger partial charge >= 0.3 is 5.97 Å². The zero-order valence-electron chi connectivity index (χ0n) is 13.0. The van der Waals surface area contributed by atoms with E-state index in [4.69, 9.17) is 15.6 Å². The number of rotatable bonds is 5. The summed E-state index contributed by atoms with van der Waals surface area (Å²) in [6.45, 7) is 2.42. The van der Waals surface area contributed by atoms with Crippen LogP contribution in [-0.4, -0.2) is 28.2 Å². The highest BCUT2D eigenvalue weighted by molar-refractivity contribution is 5.97. The molecule has 0 radical (unpaired) electrons. The summed E-state index contributed by atoms with van der Waals surface area (Å²) in [5.74, 6) is -1.21. The second kappa shape index (κ2) is 5.95. The van der Waals surface area contributed by atoms with Crippen LogP contribution in [0, 0.1) is 0 Å². The summed E-state index contributed by atoms with van der Waals surface area (Å²) in [7, 11) is 0. The van der Waals surface area contributed by atoms with Crippen LogP contribution in [0.25, 0.3) is 10.9 Å². The van der Waals surface area contributed by atoms with Crippen LogP contribution in [0.5, 0.6) is 5.75 Å². The Bertz CT molecular complexity index is 778. The van der Waals surface area contributed by atoms with Gasteiger partial charge in [-0.05, 0) is 43.9 Å². The summed E-state index contributed by atoms with van der Waals surface area (Å²) >= 11 is 0. The molecule has 0 aliphatic heterocycles. The molecule has 6 heteroatoms. The molecule has 122 valence electrons. The smallest absolute Gasteiger partial charge is 0.341 e. The Morgan fingerprint density at radius 2 is 2.22 bits per heavy atom. The van der Waals surface area contributed by atoms with E-state index in [1.54, 1.807) is 6.07 Å². The lowest BCUT2D eigenvalue weighted by atomic mass is 9.84. The van der Waals surface area contributed by atoms with Crippen LogP contribution >= 0.6 is 0 Å². The molecule has 1 aromatic heterocycles. The average molecular weight is 316 g/mol. The first-order valence-corrected chi connectivity index (χ1v) is 7.82. The van der Waals surface area contributed by atoms with Crippen LogP contribution in [-0.2, 0) is 22.6 Å². The summed E-state index contributed by atoms with van der Waals surface area (Å²) in [4.78, 5) is 22.7. The maximum absolute atomic E-state index is 11.9. The number of fused-ring (bicyclic) bond motifs is 3. The first-order chi connectivity index (χ1) is 11.0. The number of amides is 1. The van der Waals surface area contributed by atoms with Crippen molar-refractivity contribution >= 4 is 22.8 Å². The minimum atomic E-state index is -1.03. The van der Waals surface area contributed by atoms with Crippen LogP contribution in [0.1, 0.15) is 36.9 Å². The highest BCUT2D eigenvalue weighted by Crippen LogP contribution is 2.42. The van der Waals surface area contributed by atoms with Gasteiger partial charge in [0, 0.05) is 17.6 Å². The molecule has 1 heterocycles. The van der Waals surface area contributed by atoms with Crippen LogP contribution in [0.3, 0.4) is 0 Å².